The van der Waals surface area contributed by atoms with Crippen molar-refractivity contribution in [2.75, 3.05) is 6.26 Å². The summed E-state index contributed by atoms with van der Waals surface area (Å²) >= 11 is 7.39. The van der Waals surface area contributed by atoms with Crippen LogP contribution in [0.15, 0.2) is 53.4 Å². The minimum Gasteiger partial charge on any atom is -0.213 e. The first-order chi connectivity index (χ1) is 11.4. The second-order valence-corrected chi connectivity index (χ2v) is 6.19. The molecule has 0 saturated heterocycles. The summed E-state index contributed by atoms with van der Waals surface area (Å²) in [7, 11) is 0. The number of rotatable bonds is 3. The van der Waals surface area contributed by atoms with E-state index in [-0.39, 0.29) is 5.82 Å². The maximum absolute atomic E-state index is 13.0. The van der Waals surface area contributed by atoms with Gasteiger partial charge in [0.05, 0.1) is 5.69 Å². The fourth-order valence-electron chi connectivity index (χ4n) is 2.12. The van der Waals surface area contributed by atoms with Crippen molar-refractivity contribution in [3.8, 4) is 17.1 Å². The SMILES string of the molecule is CSc1ccc(-n2nc(C(F)(F)F)nc2-c2ccc(Cl)cc2)cc1. The first kappa shape index (κ1) is 16.9. The number of benzene rings is 2. The molecule has 0 fully saturated rings. The largest absolute Gasteiger partial charge is 0.453 e. The average molecular weight is 370 g/mol. The van der Waals surface area contributed by atoms with Gasteiger partial charge in [-0.1, -0.05) is 11.6 Å². The predicted molar refractivity (Wildman–Crippen MR) is 88.6 cm³/mol. The maximum Gasteiger partial charge on any atom is 0.453 e. The maximum atomic E-state index is 13.0. The van der Waals surface area contributed by atoms with E-state index in [1.165, 1.54) is 4.68 Å². The first-order valence-corrected chi connectivity index (χ1v) is 8.43. The van der Waals surface area contributed by atoms with Gasteiger partial charge in [-0.2, -0.15) is 13.2 Å². The third-order valence-electron chi connectivity index (χ3n) is 3.28. The number of alkyl halides is 3. The molecule has 8 heteroatoms. The molecule has 3 nitrogen and oxygen atoms in total. The van der Waals surface area contributed by atoms with E-state index in [2.05, 4.69) is 10.1 Å². The molecule has 24 heavy (non-hydrogen) atoms. The third kappa shape index (κ3) is 3.42. The molecule has 1 aromatic heterocycles. The summed E-state index contributed by atoms with van der Waals surface area (Å²) in [6, 6.07) is 13.5. The summed E-state index contributed by atoms with van der Waals surface area (Å²) < 4.78 is 40.3. The Labute approximate surface area is 145 Å². The summed E-state index contributed by atoms with van der Waals surface area (Å²) in [5.74, 6) is -1.07. The summed E-state index contributed by atoms with van der Waals surface area (Å²) in [5.41, 5.74) is 0.997. The molecule has 0 aliphatic heterocycles. The Morgan fingerprint density at radius 3 is 2.17 bits per heavy atom. The van der Waals surface area contributed by atoms with Gasteiger partial charge < -0.3 is 0 Å². The normalized spacial score (nSPS) is 11.7. The van der Waals surface area contributed by atoms with Crippen molar-refractivity contribution in [1.82, 2.24) is 14.8 Å². The van der Waals surface area contributed by atoms with Gasteiger partial charge in [0.2, 0.25) is 0 Å². The van der Waals surface area contributed by atoms with Crippen LogP contribution in [0.5, 0.6) is 0 Å². The number of halogens is 4. The second kappa shape index (κ2) is 6.49. The number of nitrogens with zero attached hydrogens (tertiary/aromatic N) is 3. The second-order valence-electron chi connectivity index (χ2n) is 4.87. The van der Waals surface area contributed by atoms with Crippen LogP contribution in [0.3, 0.4) is 0 Å². The van der Waals surface area contributed by atoms with E-state index in [1.54, 1.807) is 48.2 Å². The molecule has 0 radical (unpaired) electrons. The molecule has 0 aliphatic carbocycles. The molecule has 0 aliphatic rings. The number of hydrogen-bond donors (Lipinski definition) is 0. The standard InChI is InChI=1S/C16H11ClF3N3S/c1-24-13-8-6-12(7-9-13)23-14(10-2-4-11(17)5-3-10)21-15(22-23)16(18,19)20/h2-9H,1H3. The van der Waals surface area contributed by atoms with E-state index in [0.29, 0.717) is 16.3 Å². The molecule has 124 valence electrons. The number of aromatic nitrogens is 3. The lowest BCUT2D eigenvalue weighted by Gasteiger charge is -2.07. The Morgan fingerprint density at radius 2 is 1.62 bits per heavy atom. The van der Waals surface area contributed by atoms with Crippen LogP contribution in [0.25, 0.3) is 17.1 Å². The molecule has 0 spiro atoms. The van der Waals surface area contributed by atoms with Crippen LogP contribution in [0.2, 0.25) is 5.02 Å². The Bertz CT molecular complexity index is 842. The third-order valence-corrected chi connectivity index (χ3v) is 4.28. The zero-order chi connectivity index (χ0) is 17.3. The minimum atomic E-state index is -4.62. The summed E-state index contributed by atoms with van der Waals surface area (Å²) in [4.78, 5) is 4.68. The molecule has 0 N–H and O–H groups in total. The van der Waals surface area contributed by atoms with E-state index in [4.69, 9.17) is 11.6 Å². The van der Waals surface area contributed by atoms with Gasteiger partial charge in [-0.25, -0.2) is 9.67 Å². The van der Waals surface area contributed by atoms with Crippen LogP contribution in [-0.4, -0.2) is 21.0 Å². The molecule has 0 saturated carbocycles. The molecule has 1 heterocycles. The van der Waals surface area contributed by atoms with Crippen molar-refractivity contribution in [2.24, 2.45) is 0 Å². The topological polar surface area (TPSA) is 30.7 Å². The van der Waals surface area contributed by atoms with Gasteiger partial charge in [0.25, 0.3) is 5.82 Å². The van der Waals surface area contributed by atoms with Crippen LogP contribution < -0.4 is 0 Å². The van der Waals surface area contributed by atoms with Crippen molar-refractivity contribution >= 4 is 23.4 Å². The molecule has 0 atom stereocenters. The Kier molecular flexibility index (Phi) is 4.56. The quantitative estimate of drug-likeness (QED) is 0.585. The van der Waals surface area contributed by atoms with E-state index < -0.39 is 12.0 Å². The highest BCUT2D eigenvalue weighted by Gasteiger charge is 2.37. The lowest BCUT2D eigenvalue weighted by molar-refractivity contribution is -0.144. The smallest absolute Gasteiger partial charge is 0.213 e. The molecule has 0 unspecified atom stereocenters. The lowest BCUT2D eigenvalue weighted by Crippen LogP contribution is -2.08. The summed E-state index contributed by atoms with van der Waals surface area (Å²) in [6.07, 6.45) is -2.70. The van der Waals surface area contributed by atoms with Gasteiger partial charge in [0.15, 0.2) is 5.82 Å². The molecule has 0 bridgehead atoms. The summed E-state index contributed by atoms with van der Waals surface area (Å²) in [5, 5.41) is 4.14. The fraction of sp³-hybridized carbons (Fsp3) is 0.125. The zero-order valence-electron chi connectivity index (χ0n) is 12.4. The molecule has 2 aromatic carbocycles. The van der Waals surface area contributed by atoms with Crippen molar-refractivity contribution < 1.29 is 13.2 Å². The van der Waals surface area contributed by atoms with E-state index in [9.17, 15) is 13.2 Å². The number of thioether (sulfide) groups is 1. The van der Waals surface area contributed by atoms with Gasteiger partial charge in [-0.3, -0.25) is 0 Å². The molecular weight excluding hydrogens is 359 g/mol. The highest BCUT2D eigenvalue weighted by molar-refractivity contribution is 7.98. The van der Waals surface area contributed by atoms with Gasteiger partial charge in [-0.15, -0.1) is 16.9 Å². The van der Waals surface area contributed by atoms with E-state index in [1.807, 2.05) is 18.4 Å². The minimum absolute atomic E-state index is 0.107. The fourth-order valence-corrected chi connectivity index (χ4v) is 2.66. The molecule has 3 aromatic rings. The average Bonchev–Trinajstić information content (AvgIpc) is 3.01. The van der Waals surface area contributed by atoms with Crippen molar-refractivity contribution in [3.63, 3.8) is 0 Å². The summed E-state index contributed by atoms with van der Waals surface area (Å²) in [6.45, 7) is 0. The van der Waals surface area contributed by atoms with Gasteiger partial charge >= 0.3 is 6.18 Å². The highest BCUT2D eigenvalue weighted by Crippen LogP contribution is 2.31. The van der Waals surface area contributed by atoms with Crippen molar-refractivity contribution in [2.45, 2.75) is 11.1 Å². The molecular formula is C16H11ClF3N3S. The van der Waals surface area contributed by atoms with Crippen LogP contribution in [-0.2, 0) is 6.18 Å². The van der Waals surface area contributed by atoms with Crippen molar-refractivity contribution in [3.05, 3.63) is 59.4 Å². The molecule has 0 amide bonds. The zero-order valence-corrected chi connectivity index (χ0v) is 14.0. The van der Waals surface area contributed by atoms with E-state index >= 15 is 0 Å². The van der Waals surface area contributed by atoms with Crippen LogP contribution in [0.4, 0.5) is 13.2 Å². The Balaban J connectivity index is 2.15. The predicted octanol–water partition coefficient (Wildman–Crippen LogP) is 5.33. The first-order valence-electron chi connectivity index (χ1n) is 6.83. The highest BCUT2D eigenvalue weighted by atomic mass is 35.5. The van der Waals surface area contributed by atoms with Crippen LogP contribution >= 0.6 is 23.4 Å². The lowest BCUT2D eigenvalue weighted by atomic mass is 10.2. The number of hydrogen-bond acceptors (Lipinski definition) is 3. The van der Waals surface area contributed by atoms with E-state index in [0.717, 1.165) is 4.90 Å². The molecule has 3 rings (SSSR count). The van der Waals surface area contributed by atoms with Gasteiger partial charge in [0, 0.05) is 15.5 Å². The van der Waals surface area contributed by atoms with Gasteiger partial charge in [-0.05, 0) is 54.8 Å². The van der Waals surface area contributed by atoms with Gasteiger partial charge in [0.1, 0.15) is 0 Å². The Morgan fingerprint density at radius 1 is 1.00 bits per heavy atom. The van der Waals surface area contributed by atoms with Crippen LogP contribution in [0.1, 0.15) is 5.82 Å². The van der Waals surface area contributed by atoms with Crippen molar-refractivity contribution in [1.29, 1.82) is 0 Å². The van der Waals surface area contributed by atoms with Crippen LogP contribution in [0, 0.1) is 0 Å². The monoisotopic (exact) mass is 369 g/mol. The Hall–Kier alpha value is -1.99.